The van der Waals surface area contributed by atoms with E-state index in [9.17, 15) is 17.8 Å². The monoisotopic (exact) mass is 305 g/mol. The van der Waals surface area contributed by atoms with Crippen LogP contribution in [0.15, 0.2) is 48.4 Å². The van der Waals surface area contributed by atoms with Crippen molar-refractivity contribution in [2.75, 3.05) is 14.1 Å². The number of carbonyl (C=O) groups excluding carboxylic acids is 1. The van der Waals surface area contributed by atoms with Gasteiger partial charge < -0.3 is 9.45 Å². The molecule has 5 nitrogen and oxygen atoms in total. The Hall–Kier alpha value is -0.920. The van der Waals surface area contributed by atoms with E-state index >= 15 is 0 Å². The molecule has 0 aliphatic rings. The average Bonchev–Trinajstić information content (AvgIpc) is 2.37. The second-order valence-corrected chi connectivity index (χ2v) is 5.04. The summed E-state index contributed by atoms with van der Waals surface area (Å²) >= 11 is 0. The predicted molar refractivity (Wildman–Crippen MR) is 73.4 cm³/mol. The molecular weight excluding hydrogens is 289 g/mol. The van der Waals surface area contributed by atoms with Crippen molar-refractivity contribution in [1.29, 1.82) is 0 Å². The van der Waals surface area contributed by atoms with Gasteiger partial charge in [0.25, 0.3) is 0 Å². The van der Waals surface area contributed by atoms with Gasteiger partial charge in [0, 0.05) is 14.1 Å². The molecule has 20 heavy (non-hydrogen) atoms. The molecule has 0 saturated carbocycles. The summed E-state index contributed by atoms with van der Waals surface area (Å²) in [5.41, 5.74) is 0.780. The van der Waals surface area contributed by atoms with Crippen molar-refractivity contribution in [1.82, 2.24) is 4.90 Å². The van der Waals surface area contributed by atoms with Crippen LogP contribution in [-0.2, 0) is 14.9 Å². The largest absolute Gasteiger partial charge is 1.00 e. The second kappa shape index (κ2) is 9.90. The van der Waals surface area contributed by atoms with E-state index in [1.54, 1.807) is 20.2 Å². The van der Waals surface area contributed by atoms with E-state index in [-0.39, 0.29) is 40.4 Å². The molecular formula is C13H16NNaO4S. The van der Waals surface area contributed by atoms with Gasteiger partial charge in [-0.1, -0.05) is 31.4 Å². The maximum absolute atomic E-state index is 10.5. The first kappa shape index (κ1) is 21.4. The number of amides is 1. The number of rotatable bonds is 3. The van der Waals surface area contributed by atoms with E-state index in [2.05, 4.69) is 13.2 Å². The van der Waals surface area contributed by atoms with Gasteiger partial charge in [-0.05, 0) is 23.8 Å². The minimum atomic E-state index is -4.31. The fourth-order valence-corrected chi connectivity index (χ4v) is 1.42. The molecule has 1 rings (SSSR count). The Morgan fingerprint density at radius 2 is 1.65 bits per heavy atom. The van der Waals surface area contributed by atoms with Gasteiger partial charge in [-0.25, -0.2) is 8.42 Å². The van der Waals surface area contributed by atoms with Crippen LogP contribution < -0.4 is 29.6 Å². The Morgan fingerprint density at radius 1 is 1.20 bits per heavy atom. The summed E-state index contributed by atoms with van der Waals surface area (Å²) in [6.45, 7) is 6.79. The van der Waals surface area contributed by atoms with Crippen molar-refractivity contribution >= 4 is 22.1 Å². The first-order valence-electron chi connectivity index (χ1n) is 5.24. The predicted octanol–water partition coefficient (Wildman–Crippen LogP) is -1.50. The minimum absolute atomic E-state index is 0. The zero-order valence-corrected chi connectivity index (χ0v) is 14.7. The summed E-state index contributed by atoms with van der Waals surface area (Å²) in [6, 6.07) is 5.58. The molecule has 0 saturated heterocycles. The van der Waals surface area contributed by atoms with Gasteiger partial charge in [0.2, 0.25) is 5.91 Å². The topological polar surface area (TPSA) is 77.5 Å². The van der Waals surface area contributed by atoms with E-state index in [1.807, 2.05) is 0 Å². The Balaban J connectivity index is 0. The quantitative estimate of drug-likeness (QED) is 0.387. The van der Waals surface area contributed by atoms with Crippen molar-refractivity contribution in [3.63, 3.8) is 0 Å². The van der Waals surface area contributed by atoms with Crippen molar-refractivity contribution < 1.29 is 47.3 Å². The number of hydrogen-bond donors (Lipinski definition) is 0. The maximum atomic E-state index is 10.5. The SMILES string of the molecule is C=CC(=O)N(C)C.C=Cc1ccc(S(=O)(=O)[O-])cc1.[Na+]. The summed E-state index contributed by atoms with van der Waals surface area (Å²) in [5.74, 6) is -0.0556. The fraction of sp³-hybridized carbons (Fsp3) is 0.154. The van der Waals surface area contributed by atoms with Crippen molar-refractivity contribution in [3.8, 4) is 0 Å². The van der Waals surface area contributed by atoms with E-state index in [0.29, 0.717) is 0 Å². The van der Waals surface area contributed by atoms with Crippen LogP contribution in [0.3, 0.4) is 0 Å². The summed E-state index contributed by atoms with van der Waals surface area (Å²) in [7, 11) is -0.943. The average molecular weight is 305 g/mol. The molecule has 0 spiro atoms. The van der Waals surface area contributed by atoms with E-state index < -0.39 is 10.1 Å². The summed E-state index contributed by atoms with van der Waals surface area (Å²) < 4.78 is 31.4. The van der Waals surface area contributed by atoms with Crippen LogP contribution in [0, 0.1) is 0 Å². The van der Waals surface area contributed by atoms with Crippen molar-refractivity contribution in [2.45, 2.75) is 4.90 Å². The molecule has 1 aromatic carbocycles. The van der Waals surface area contributed by atoms with Gasteiger partial charge in [-0.3, -0.25) is 4.79 Å². The van der Waals surface area contributed by atoms with Crippen LogP contribution in [0.25, 0.3) is 6.08 Å². The number of hydrogen-bond acceptors (Lipinski definition) is 4. The molecule has 0 heterocycles. The molecule has 0 aliphatic heterocycles. The Bertz CT molecular complexity index is 550. The summed E-state index contributed by atoms with van der Waals surface area (Å²) in [4.78, 5) is 11.6. The third-order valence-corrected chi connectivity index (χ3v) is 2.87. The van der Waals surface area contributed by atoms with Crippen LogP contribution in [0.5, 0.6) is 0 Å². The number of carbonyl (C=O) groups is 1. The molecule has 0 N–H and O–H groups in total. The third-order valence-electron chi connectivity index (χ3n) is 2.02. The van der Waals surface area contributed by atoms with Crippen molar-refractivity contribution in [3.05, 3.63) is 49.1 Å². The van der Waals surface area contributed by atoms with Crippen LogP contribution in [0.4, 0.5) is 0 Å². The first-order valence-corrected chi connectivity index (χ1v) is 6.65. The molecule has 0 radical (unpaired) electrons. The van der Waals surface area contributed by atoms with Crippen LogP contribution in [0.1, 0.15) is 5.56 Å². The van der Waals surface area contributed by atoms with Crippen LogP contribution >= 0.6 is 0 Å². The fourth-order valence-electron chi connectivity index (χ4n) is 0.953. The molecule has 0 aromatic heterocycles. The molecule has 7 heteroatoms. The normalized spacial score (nSPS) is 9.35. The molecule has 0 unspecified atom stereocenters. The zero-order chi connectivity index (χ0) is 15.1. The van der Waals surface area contributed by atoms with Gasteiger partial charge in [-0.2, -0.15) is 0 Å². The molecule has 0 bridgehead atoms. The van der Waals surface area contributed by atoms with Gasteiger partial charge in [-0.15, -0.1) is 0 Å². The second-order valence-electron chi connectivity index (χ2n) is 3.66. The van der Waals surface area contributed by atoms with Crippen LogP contribution in [-0.4, -0.2) is 37.9 Å². The molecule has 0 aliphatic carbocycles. The molecule has 1 aromatic rings. The molecule has 0 atom stereocenters. The maximum Gasteiger partial charge on any atom is 1.00 e. The summed E-state index contributed by atoms with van der Waals surface area (Å²) in [6.07, 6.45) is 2.85. The number of nitrogens with zero attached hydrogens (tertiary/aromatic N) is 1. The third kappa shape index (κ3) is 8.29. The molecule has 1 amide bonds. The van der Waals surface area contributed by atoms with Gasteiger partial charge in [0.15, 0.2) is 0 Å². The van der Waals surface area contributed by atoms with E-state index in [1.165, 1.54) is 35.2 Å². The number of likely N-dealkylation sites (N-methyl/N-ethyl adjacent to an activating group) is 1. The van der Waals surface area contributed by atoms with E-state index in [0.717, 1.165) is 5.56 Å². The van der Waals surface area contributed by atoms with E-state index in [4.69, 9.17) is 0 Å². The van der Waals surface area contributed by atoms with Crippen molar-refractivity contribution in [2.24, 2.45) is 0 Å². The van der Waals surface area contributed by atoms with Gasteiger partial charge >= 0.3 is 29.6 Å². The Morgan fingerprint density at radius 3 is 1.85 bits per heavy atom. The zero-order valence-electron chi connectivity index (χ0n) is 11.9. The minimum Gasteiger partial charge on any atom is -0.744 e. The number of benzene rings is 1. The standard InChI is InChI=1S/C8H8O3S.C5H9NO.Na/c1-2-7-3-5-8(6-4-7)12(9,10)11;1-4-5(7)6(2)3;/h2-6H,1H2,(H,9,10,11);4H,1H2,2-3H3;/q;;+1/p-1. The first-order chi connectivity index (χ1) is 8.72. The van der Waals surface area contributed by atoms with Crippen LogP contribution in [0.2, 0.25) is 0 Å². The smallest absolute Gasteiger partial charge is 0.744 e. The van der Waals surface area contributed by atoms with Gasteiger partial charge in [0.05, 0.1) is 4.90 Å². The Labute approximate surface area is 142 Å². The molecule has 0 fully saturated rings. The van der Waals surface area contributed by atoms with Gasteiger partial charge in [0.1, 0.15) is 10.1 Å². The summed E-state index contributed by atoms with van der Waals surface area (Å²) in [5, 5.41) is 0. The Kier molecular flexibility index (Phi) is 10.6. The molecule has 104 valence electrons.